The van der Waals surface area contributed by atoms with Crippen molar-refractivity contribution in [1.29, 1.82) is 0 Å². The number of carbonyl (C=O) groups excluding carboxylic acids is 1. The zero-order valence-electron chi connectivity index (χ0n) is 17.2. The molecule has 8 nitrogen and oxygen atoms in total. The molecule has 32 heavy (non-hydrogen) atoms. The summed E-state index contributed by atoms with van der Waals surface area (Å²) < 4.78 is 5.99. The van der Waals surface area contributed by atoms with Gasteiger partial charge in [-0.25, -0.2) is 0 Å². The predicted octanol–water partition coefficient (Wildman–Crippen LogP) is 2.80. The first-order valence-electron chi connectivity index (χ1n) is 10.4. The van der Waals surface area contributed by atoms with Crippen molar-refractivity contribution in [3.8, 4) is 5.75 Å². The van der Waals surface area contributed by atoms with Crippen molar-refractivity contribution in [2.75, 3.05) is 26.2 Å². The molecule has 1 fully saturated rings. The van der Waals surface area contributed by atoms with Crippen LogP contribution < -0.4 is 15.6 Å². The van der Waals surface area contributed by atoms with Crippen LogP contribution in [0.3, 0.4) is 0 Å². The molecular weight excluding hydrogens is 455 g/mol. The number of aliphatic hydroxyl groups is 1. The fraction of sp³-hybridized carbons (Fsp3) is 0.364. The van der Waals surface area contributed by atoms with Gasteiger partial charge in [0.05, 0.1) is 32.6 Å². The molecule has 0 spiro atoms. The molecule has 170 valence electrons. The van der Waals surface area contributed by atoms with Gasteiger partial charge in [0, 0.05) is 32.2 Å². The number of halogens is 2. The van der Waals surface area contributed by atoms with Gasteiger partial charge >= 0.3 is 0 Å². The minimum atomic E-state index is -0.727. The third kappa shape index (κ3) is 5.27. The van der Waals surface area contributed by atoms with Gasteiger partial charge in [0.1, 0.15) is 11.9 Å². The van der Waals surface area contributed by atoms with Crippen LogP contribution in [0.25, 0.3) is 10.9 Å². The van der Waals surface area contributed by atoms with Crippen LogP contribution in [0.2, 0.25) is 10.0 Å². The van der Waals surface area contributed by atoms with E-state index in [-0.39, 0.29) is 23.8 Å². The number of H-pyrrole nitrogens is 2. The van der Waals surface area contributed by atoms with Gasteiger partial charge in [0.25, 0.3) is 11.5 Å². The Morgan fingerprint density at radius 1 is 1.19 bits per heavy atom. The SMILES string of the molecule is O=C(NC[C@@H](O)CN1CCC(Oc2ccc(Cl)c(Cl)c2)CC1)c1cccc2[nH][nH]c(=O)c12. The number of rotatable bonds is 7. The molecule has 1 aromatic heterocycles. The van der Waals surface area contributed by atoms with Gasteiger partial charge in [0.15, 0.2) is 0 Å². The predicted molar refractivity (Wildman–Crippen MR) is 124 cm³/mol. The van der Waals surface area contributed by atoms with Crippen LogP contribution in [0.1, 0.15) is 23.2 Å². The number of carbonyl (C=O) groups is 1. The number of aromatic amines is 2. The van der Waals surface area contributed by atoms with Gasteiger partial charge in [-0.1, -0.05) is 29.3 Å². The molecule has 2 aromatic carbocycles. The highest BCUT2D eigenvalue weighted by Crippen LogP contribution is 2.28. The number of hydrogen-bond donors (Lipinski definition) is 4. The molecular formula is C22H24Cl2N4O4. The van der Waals surface area contributed by atoms with Crippen LogP contribution in [0, 0.1) is 0 Å². The van der Waals surface area contributed by atoms with Crippen LogP contribution >= 0.6 is 23.2 Å². The number of hydrogen-bond acceptors (Lipinski definition) is 5. The summed E-state index contributed by atoms with van der Waals surface area (Å²) in [6, 6.07) is 10.2. The third-order valence-electron chi connectivity index (χ3n) is 5.54. The lowest BCUT2D eigenvalue weighted by Crippen LogP contribution is -2.45. The number of fused-ring (bicyclic) bond motifs is 1. The normalized spacial score (nSPS) is 16.2. The van der Waals surface area contributed by atoms with Crippen LogP contribution in [-0.4, -0.2) is 64.5 Å². The second kappa shape index (κ2) is 9.95. The topological polar surface area (TPSA) is 110 Å². The number of aromatic nitrogens is 2. The van der Waals surface area contributed by atoms with E-state index >= 15 is 0 Å². The lowest BCUT2D eigenvalue weighted by Gasteiger charge is -2.33. The van der Waals surface area contributed by atoms with E-state index in [1.807, 2.05) is 0 Å². The summed E-state index contributed by atoms with van der Waals surface area (Å²) >= 11 is 12.0. The molecule has 0 aliphatic carbocycles. The highest BCUT2D eigenvalue weighted by atomic mass is 35.5. The second-order valence-corrected chi connectivity index (χ2v) is 8.68. The van der Waals surface area contributed by atoms with Crippen molar-refractivity contribution in [2.24, 2.45) is 0 Å². The van der Waals surface area contributed by atoms with Gasteiger partial charge in [-0.3, -0.25) is 19.8 Å². The lowest BCUT2D eigenvalue weighted by atomic mass is 10.1. The second-order valence-electron chi connectivity index (χ2n) is 7.86. The van der Waals surface area contributed by atoms with E-state index in [4.69, 9.17) is 27.9 Å². The van der Waals surface area contributed by atoms with Crippen molar-refractivity contribution >= 4 is 40.0 Å². The Labute approximate surface area is 194 Å². The number of nitrogens with one attached hydrogen (secondary N) is 3. The number of likely N-dealkylation sites (tertiary alicyclic amines) is 1. The third-order valence-corrected chi connectivity index (χ3v) is 6.28. The molecule has 0 bridgehead atoms. The Kier molecular flexibility index (Phi) is 7.05. The summed E-state index contributed by atoms with van der Waals surface area (Å²) in [6.45, 7) is 2.08. The summed E-state index contributed by atoms with van der Waals surface area (Å²) in [7, 11) is 0. The van der Waals surface area contributed by atoms with Crippen molar-refractivity contribution in [3.05, 3.63) is 62.4 Å². The molecule has 2 heterocycles. The Balaban J connectivity index is 1.23. The summed E-state index contributed by atoms with van der Waals surface area (Å²) in [5, 5.41) is 19.6. The smallest absolute Gasteiger partial charge is 0.272 e. The van der Waals surface area contributed by atoms with Crippen LogP contribution in [0.15, 0.2) is 41.2 Å². The Hall–Kier alpha value is -2.52. The number of amides is 1. The van der Waals surface area contributed by atoms with E-state index < -0.39 is 12.0 Å². The summed E-state index contributed by atoms with van der Waals surface area (Å²) in [4.78, 5) is 26.6. The standard InChI is InChI=1S/C22H24Cl2N4O4/c23-17-5-4-15(10-18(17)24)32-14-6-8-28(9-7-14)12-13(29)11-25-21(30)16-2-1-3-19-20(16)22(31)27-26-19/h1-5,10,13-14,29H,6-9,11-12H2,(H,25,30)(H2,26,27,31)/t13-/m1/s1. The fourth-order valence-corrected chi connectivity index (χ4v) is 4.19. The summed E-state index contributed by atoms with van der Waals surface area (Å²) in [5.74, 6) is 0.297. The first kappa shape index (κ1) is 22.7. The lowest BCUT2D eigenvalue weighted by molar-refractivity contribution is 0.0594. The van der Waals surface area contributed by atoms with Crippen molar-refractivity contribution in [1.82, 2.24) is 20.4 Å². The van der Waals surface area contributed by atoms with E-state index in [0.29, 0.717) is 33.2 Å². The first-order valence-corrected chi connectivity index (χ1v) is 11.2. The number of nitrogens with zero attached hydrogens (tertiary/aromatic N) is 1. The van der Waals surface area contributed by atoms with E-state index in [9.17, 15) is 14.7 Å². The molecule has 1 aliphatic rings. The van der Waals surface area contributed by atoms with E-state index in [1.54, 1.807) is 36.4 Å². The van der Waals surface area contributed by atoms with E-state index in [1.165, 1.54) is 0 Å². The summed E-state index contributed by atoms with van der Waals surface area (Å²) in [6.07, 6.45) is 0.977. The Morgan fingerprint density at radius 3 is 2.72 bits per heavy atom. The zero-order valence-corrected chi connectivity index (χ0v) is 18.7. The number of aliphatic hydroxyl groups excluding tert-OH is 1. The number of ether oxygens (including phenoxy) is 1. The van der Waals surface area contributed by atoms with E-state index in [0.717, 1.165) is 25.9 Å². The van der Waals surface area contributed by atoms with Crippen molar-refractivity contribution in [2.45, 2.75) is 25.0 Å². The van der Waals surface area contributed by atoms with Crippen molar-refractivity contribution < 1.29 is 14.6 Å². The highest BCUT2D eigenvalue weighted by molar-refractivity contribution is 6.42. The molecule has 1 aliphatic heterocycles. The molecule has 10 heteroatoms. The molecule has 1 saturated heterocycles. The zero-order chi connectivity index (χ0) is 22.7. The first-order chi connectivity index (χ1) is 15.4. The fourth-order valence-electron chi connectivity index (χ4n) is 3.90. The minimum absolute atomic E-state index is 0.0697. The van der Waals surface area contributed by atoms with Crippen LogP contribution in [0.5, 0.6) is 5.75 Å². The number of piperidine rings is 1. The molecule has 0 unspecified atom stereocenters. The molecule has 0 radical (unpaired) electrons. The van der Waals surface area contributed by atoms with Crippen molar-refractivity contribution in [3.63, 3.8) is 0 Å². The summed E-state index contributed by atoms with van der Waals surface area (Å²) in [5.41, 5.74) is 0.490. The van der Waals surface area contributed by atoms with Gasteiger partial charge < -0.3 is 20.1 Å². The van der Waals surface area contributed by atoms with Gasteiger partial charge in [-0.15, -0.1) is 0 Å². The van der Waals surface area contributed by atoms with Gasteiger partial charge in [-0.2, -0.15) is 0 Å². The Bertz CT molecular complexity index is 1150. The number of benzene rings is 2. The minimum Gasteiger partial charge on any atom is -0.490 e. The van der Waals surface area contributed by atoms with Crippen LogP contribution in [0.4, 0.5) is 0 Å². The monoisotopic (exact) mass is 478 g/mol. The maximum atomic E-state index is 12.5. The Morgan fingerprint density at radius 2 is 1.97 bits per heavy atom. The molecule has 3 aromatic rings. The number of β-amino-alcohol motifs (C(OH)–C–C–N with tert-alkyl or cyclic N) is 1. The maximum Gasteiger partial charge on any atom is 0.272 e. The van der Waals surface area contributed by atoms with Gasteiger partial charge in [0.2, 0.25) is 0 Å². The largest absolute Gasteiger partial charge is 0.490 e. The average molecular weight is 479 g/mol. The average Bonchev–Trinajstić information content (AvgIpc) is 3.17. The molecule has 0 saturated carbocycles. The molecule has 4 rings (SSSR count). The molecule has 1 amide bonds. The molecule has 1 atom stereocenters. The van der Waals surface area contributed by atoms with E-state index in [2.05, 4.69) is 20.4 Å². The van der Waals surface area contributed by atoms with Gasteiger partial charge in [-0.05, 0) is 37.1 Å². The highest BCUT2D eigenvalue weighted by Gasteiger charge is 2.23. The molecule has 4 N–H and O–H groups in total. The maximum absolute atomic E-state index is 12.5. The van der Waals surface area contributed by atoms with Crippen LogP contribution in [-0.2, 0) is 0 Å². The quantitative estimate of drug-likeness (QED) is 0.417.